The third-order valence-electron chi connectivity index (χ3n) is 3.19. The average Bonchev–Trinajstić information content (AvgIpc) is 2.81. The van der Waals surface area contributed by atoms with Crippen molar-refractivity contribution >= 4 is 15.9 Å². The van der Waals surface area contributed by atoms with Crippen molar-refractivity contribution in [2.75, 3.05) is 0 Å². The third-order valence-corrected chi connectivity index (χ3v) is 3.69. The maximum absolute atomic E-state index is 13.7. The van der Waals surface area contributed by atoms with Crippen molar-refractivity contribution in [3.8, 4) is 0 Å². The smallest absolute Gasteiger partial charge is 0.128 e. The number of benzene rings is 1. The van der Waals surface area contributed by atoms with Crippen LogP contribution in [-0.4, -0.2) is 10.6 Å². The Morgan fingerprint density at radius 1 is 1.37 bits per heavy atom. The molecule has 0 aliphatic rings. The molecule has 1 aromatic carbocycles. The predicted octanol–water partition coefficient (Wildman–Crippen LogP) is 3.72. The molecule has 4 heteroatoms. The van der Waals surface area contributed by atoms with E-state index in [2.05, 4.69) is 22.9 Å². The Bertz CT molecular complexity index is 551. The van der Waals surface area contributed by atoms with Crippen LogP contribution in [0, 0.1) is 5.82 Å². The second-order valence-electron chi connectivity index (χ2n) is 4.80. The van der Waals surface area contributed by atoms with E-state index in [4.69, 9.17) is 5.73 Å². The largest absolute Gasteiger partial charge is 0.350 e. The fourth-order valence-corrected chi connectivity index (χ4v) is 2.43. The molecule has 0 amide bonds. The van der Waals surface area contributed by atoms with Crippen molar-refractivity contribution in [2.45, 2.75) is 32.4 Å². The molecule has 0 spiro atoms. The lowest BCUT2D eigenvalue weighted by Gasteiger charge is -2.07. The molecule has 0 saturated heterocycles. The summed E-state index contributed by atoms with van der Waals surface area (Å²) in [6.45, 7) is 2.62. The monoisotopic (exact) mass is 324 g/mol. The van der Waals surface area contributed by atoms with Crippen LogP contribution in [0.15, 0.2) is 41.1 Å². The van der Waals surface area contributed by atoms with Crippen molar-refractivity contribution in [2.24, 2.45) is 5.73 Å². The van der Waals surface area contributed by atoms with Gasteiger partial charge in [-0.1, -0.05) is 22.9 Å². The van der Waals surface area contributed by atoms with Crippen LogP contribution in [-0.2, 0) is 13.0 Å². The highest BCUT2D eigenvalue weighted by Crippen LogP contribution is 2.17. The van der Waals surface area contributed by atoms with Crippen LogP contribution in [0.25, 0.3) is 0 Å². The molecule has 19 heavy (non-hydrogen) atoms. The van der Waals surface area contributed by atoms with Crippen LogP contribution in [0.2, 0.25) is 0 Å². The molecule has 0 bridgehead atoms. The molecule has 0 aliphatic heterocycles. The zero-order chi connectivity index (χ0) is 13.8. The van der Waals surface area contributed by atoms with Crippen LogP contribution in [0.4, 0.5) is 4.39 Å². The van der Waals surface area contributed by atoms with Crippen LogP contribution < -0.4 is 5.73 Å². The van der Waals surface area contributed by atoms with E-state index in [9.17, 15) is 4.39 Å². The molecule has 1 aromatic heterocycles. The van der Waals surface area contributed by atoms with E-state index >= 15 is 0 Å². The van der Waals surface area contributed by atoms with Crippen LogP contribution >= 0.6 is 15.9 Å². The van der Waals surface area contributed by atoms with Gasteiger partial charge in [-0.3, -0.25) is 0 Å². The summed E-state index contributed by atoms with van der Waals surface area (Å²) in [5, 5.41) is 0. The van der Waals surface area contributed by atoms with Crippen molar-refractivity contribution in [1.82, 2.24) is 4.57 Å². The van der Waals surface area contributed by atoms with Gasteiger partial charge >= 0.3 is 0 Å². The molecular formula is C15H18BrFN2. The lowest BCUT2D eigenvalue weighted by Crippen LogP contribution is -2.21. The van der Waals surface area contributed by atoms with Crippen molar-refractivity contribution in [1.29, 1.82) is 0 Å². The quantitative estimate of drug-likeness (QED) is 0.892. The first-order chi connectivity index (χ1) is 9.08. The van der Waals surface area contributed by atoms with Gasteiger partial charge in [-0.05, 0) is 42.7 Å². The van der Waals surface area contributed by atoms with E-state index < -0.39 is 0 Å². The van der Waals surface area contributed by atoms with Crippen LogP contribution in [0.5, 0.6) is 0 Å². The summed E-state index contributed by atoms with van der Waals surface area (Å²) < 4.78 is 16.6. The van der Waals surface area contributed by atoms with Gasteiger partial charge < -0.3 is 10.3 Å². The number of hydrogen-bond donors (Lipinski definition) is 1. The Morgan fingerprint density at radius 2 is 2.16 bits per heavy atom. The van der Waals surface area contributed by atoms with Crippen molar-refractivity contribution < 1.29 is 4.39 Å². The number of aromatic nitrogens is 1. The Balaban J connectivity index is 2.09. The maximum atomic E-state index is 13.7. The first-order valence-corrected chi connectivity index (χ1v) is 7.22. The summed E-state index contributed by atoms with van der Waals surface area (Å²) >= 11 is 3.36. The molecule has 2 aromatic rings. The molecule has 1 unspecified atom stereocenters. The van der Waals surface area contributed by atoms with E-state index in [1.54, 1.807) is 6.07 Å². The number of halogens is 2. The van der Waals surface area contributed by atoms with Crippen LogP contribution in [0.1, 0.15) is 24.5 Å². The summed E-state index contributed by atoms with van der Waals surface area (Å²) in [5.41, 5.74) is 7.81. The Hall–Kier alpha value is -1.13. The zero-order valence-electron chi connectivity index (χ0n) is 10.9. The zero-order valence-corrected chi connectivity index (χ0v) is 12.5. The highest BCUT2D eigenvalue weighted by atomic mass is 79.9. The first kappa shape index (κ1) is 14.3. The average molecular weight is 325 g/mol. The Labute approximate surface area is 121 Å². The van der Waals surface area contributed by atoms with Gasteiger partial charge in [0.25, 0.3) is 0 Å². The van der Waals surface area contributed by atoms with Gasteiger partial charge in [0.15, 0.2) is 0 Å². The number of nitrogens with two attached hydrogens (primary N) is 1. The van der Waals surface area contributed by atoms with Gasteiger partial charge in [-0.25, -0.2) is 4.39 Å². The van der Waals surface area contributed by atoms with E-state index in [0.717, 1.165) is 17.3 Å². The molecule has 0 saturated carbocycles. The van der Waals surface area contributed by atoms with Gasteiger partial charge in [-0.2, -0.15) is 0 Å². The molecule has 0 aliphatic carbocycles. The Kier molecular flexibility index (Phi) is 4.77. The number of rotatable bonds is 5. The van der Waals surface area contributed by atoms with E-state index in [-0.39, 0.29) is 11.9 Å². The minimum atomic E-state index is -0.177. The van der Waals surface area contributed by atoms with Gasteiger partial charge in [0, 0.05) is 35.0 Å². The third kappa shape index (κ3) is 3.91. The highest BCUT2D eigenvalue weighted by Gasteiger charge is 2.06. The Morgan fingerprint density at radius 3 is 2.89 bits per heavy atom. The highest BCUT2D eigenvalue weighted by molar-refractivity contribution is 9.10. The van der Waals surface area contributed by atoms with Crippen molar-refractivity contribution in [3.63, 3.8) is 0 Å². The molecular weight excluding hydrogens is 307 g/mol. The molecule has 1 atom stereocenters. The molecule has 2 rings (SSSR count). The van der Waals surface area contributed by atoms with Gasteiger partial charge in [0.1, 0.15) is 5.82 Å². The molecule has 0 fully saturated rings. The number of hydrogen-bond acceptors (Lipinski definition) is 1. The second-order valence-corrected chi connectivity index (χ2v) is 5.72. The minimum Gasteiger partial charge on any atom is -0.350 e. The summed E-state index contributed by atoms with van der Waals surface area (Å²) in [7, 11) is 0. The van der Waals surface area contributed by atoms with E-state index in [1.807, 2.05) is 29.1 Å². The van der Waals surface area contributed by atoms with E-state index in [1.165, 1.54) is 11.6 Å². The van der Waals surface area contributed by atoms with Gasteiger partial charge in [-0.15, -0.1) is 0 Å². The summed E-state index contributed by atoms with van der Waals surface area (Å²) in [5.74, 6) is -0.177. The normalized spacial score (nSPS) is 12.6. The summed E-state index contributed by atoms with van der Waals surface area (Å²) in [6.07, 6.45) is 5.84. The summed E-state index contributed by atoms with van der Waals surface area (Å²) in [6, 6.07) is 7.24. The lowest BCUT2D eigenvalue weighted by molar-refractivity contribution is 0.598. The fraction of sp³-hybridized carbons (Fsp3) is 0.333. The maximum Gasteiger partial charge on any atom is 0.128 e. The predicted molar refractivity (Wildman–Crippen MR) is 79.6 cm³/mol. The molecule has 102 valence electrons. The van der Waals surface area contributed by atoms with E-state index in [0.29, 0.717) is 12.1 Å². The van der Waals surface area contributed by atoms with Gasteiger partial charge in [0.05, 0.1) is 0 Å². The summed E-state index contributed by atoms with van der Waals surface area (Å²) in [4.78, 5) is 0. The molecule has 2 nitrogen and oxygen atoms in total. The molecule has 1 heterocycles. The van der Waals surface area contributed by atoms with Crippen molar-refractivity contribution in [3.05, 3.63) is 58.1 Å². The molecule has 2 N–H and O–H groups in total. The first-order valence-electron chi connectivity index (χ1n) is 6.42. The van der Waals surface area contributed by atoms with Crippen LogP contribution in [0.3, 0.4) is 0 Å². The minimum absolute atomic E-state index is 0.177. The molecule has 0 radical (unpaired) electrons. The topological polar surface area (TPSA) is 30.9 Å². The second kappa shape index (κ2) is 6.35. The SMILES string of the molecule is CCC(N)Cc1ccn(Cc2cc(Br)ccc2F)c1. The number of nitrogens with zero attached hydrogens (tertiary/aromatic N) is 1. The lowest BCUT2D eigenvalue weighted by atomic mass is 10.1. The fourth-order valence-electron chi connectivity index (χ4n) is 2.02. The van der Waals surface area contributed by atoms with Gasteiger partial charge in [0.2, 0.25) is 0 Å². The standard InChI is InChI=1S/C15H18BrFN2/c1-2-14(18)7-11-5-6-19(9-11)10-12-8-13(16)3-4-15(12)17/h3-6,8-9,14H,2,7,10,18H2,1H3.